The number of rotatable bonds is 5. The lowest BCUT2D eigenvalue weighted by Gasteiger charge is -2.31. The Morgan fingerprint density at radius 2 is 2.04 bits per heavy atom. The van der Waals surface area contributed by atoms with Crippen molar-refractivity contribution in [2.45, 2.75) is 33.2 Å². The van der Waals surface area contributed by atoms with Crippen molar-refractivity contribution in [3.63, 3.8) is 0 Å². The summed E-state index contributed by atoms with van der Waals surface area (Å²) in [7, 11) is 0. The molecule has 0 saturated carbocycles. The number of aryl methyl sites for hydroxylation is 2. The van der Waals surface area contributed by atoms with Crippen LogP contribution in [-0.2, 0) is 6.54 Å². The lowest BCUT2D eigenvalue weighted by Crippen LogP contribution is -2.38. The molecule has 6 heteroatoms. The molecule has 1 amide bonds. The maximum atomic E-state index is 12.0. The molecule has 3 heterocycles. The highest BCUT2D eigenvalue weighted by atomic mass is 79.9. The van der Waals surface area contributed by atoms with E-state index in [2.05, 4.69) is 32.2 Å². The maximum Gasteiger partial charge on any atom is 0.287 e. The molecule has 0 bridgehead atoms. The highest BCUT2D eigenvalue weighted by Crippen LogP contribution is 2.21. The number of nitrogens with one attached hydrogen (secondary N) is 1. The van der Waals surface area contributed by atoms with Crippen molar-refractivity contribution in [3.8, 4) is 0 Å². The second kappa shape index (κ2) is 7.57. The van der Waals surface area contributed by atoms with E-state index in [0.29, 0.717) is 22.9 Å². The minimum Gasteiger partial charge on any atom is -0.466 e. The molecule has 1 aliphatic rings. The molecule has 0 aromatic carbocycles. The standard InChI is InChI=1S/C18H23BrN2O3/c1-12-9-15(13(2)23-12)11-21-7-5-14(6-8-21)10-20-18(22)16-3-4-17(19)24-16/h3-4,9,14H,5-8,10-11H2,1-2H3,(H,20,22). The molecule has 1 saturated heterocycles. The summed E-state index contributed by atoms with van der Waals surface area (Å²) in [4.78, 5) is 14.5. The maximum absolute atomic E-state index is 12.0. The molecule has 130 valence electrons. The Balaban J connectivity index is 1.42. The third-order valence-electron chi connectivity index (χ3n) is 4.59. The van der Waals surface area contributed by atoms with Crippen LogP contribution < -0.4 is 5.32 Å². The first-order valence-electron chi connectivity index (χ1n) is 8.33. The normalized spacial score (nSPS) is 16.5. The zero-order chi connectivity index (χ0) is 17.1. The van der Waals surface area contributed by atoms with Gasteiger partial charge in [-0.15, -0.1) is 0 Å². The molecule has 0 unspecified atom stereocenters. The van der Waals surface area contributed by atoms with Crippen molar-refractivity contribution in [3.05, 3.63) is 45.7 Å². The average Bonchev–Trinajstić information content (AvgIpc) is 3.12. The Morgan fingerprint density at radius 3 is 2.62 bits per heavy atom. The molecule has 2 aromatic rings. The number of carbonyl (C=O) groups excluding carboxylic acids is 1. The van der Waals surface area contributed by atoms with Crippen LogP contribution in [0.1, 0.15) is 40.5 Å². The predicted molar refractivity (Wildman–Crippen MR) is 94.9 cm³/mol. The molecular formula is C18H23BrN2O3. The summed E-state index contributed by atoms with van der Waals surface area (Å²) < 4.78 is 11.4. The number of carbonyl (C=O) groups is 1. The summed E-state index contributed by atoms with van der Waals surface area (Å²) in [6, 6.07) is 5.54. The number of amides is 1. The number of hydrogen-bond acceptors (Lipinski definition) is 4. The van der Waals surface area contributed by atoms with Gasteiger partial charge in [0.2, 0.25) is 0 Å². The summed E-state index contributed by atoms with van der Waals surface area (Å²) >= 11 is 3.21. The van der Waals surface area contributed by atoms with Crippen LogP contribution in [-0.4, -0.2) is 30.4 Å². The fourth-order valence-corrected chi connectivity index (χ4v) is 3.50. The van der Waals surface area contributed by atoms with E-state index in [1.54, 1.807) is 12.1 Å². The van der Waals surface area contributed by atoms with E-state index in [0.717, 1.165) is 44.0 Å². The van der Waals surface area contributed by atoms with Gasteiger partial charge >= 0.3 is 0 Å². The van der Waals surface area contributed by atoms with Gasteiger partial charge in [-0.2, -0.15) is 0 Å². The first-order chi connectivity index (χ1) is 11.5. The molecule has 0 spiro atoms. The summed E-state index contributed by atoms with van der Waals surface area (Å²) in [5.41, 5.74) is 1.28. The highest BCUT2D eigenvalue weighted by Gasteiger charge is 2.21. The zero-order valence-electron chi connectivity index (χ0n) is 14.1. The largest absolute Gasteiger partial charge is 0.466 e. The van der Waals surface area contributed by atoms with Gasteiger partial charge < -0.3 is 14.2 Å². The van der Waals surface area contributed by atoms with Gasteiger partial charge in [-0.1, -0.05) is 0 Å². The topological polar surface area (TPSA) is 58.6 Å². The predicted octanol–water partition coefficient (Wildman–Crippen LogP) is 3.89. The molecule has 24 heavy (non-hydrogen) atoms. The Morgan fingerprint density at radius 1 is 1.29 bits per heavy atom. The van der Waals surface area contributed by atoms with Crippen molar-refractivity contribution < 1.29 is 13.6 Å². The van der Waals surface area contributed by atoms with Gasteiger partial charge in [0, 0.05) is 18.7 Å². The number of likely N-dealkylation sites (tertiary alicyclic amines) is 1. The van der Waals surface area contributed by atoms with E-state index in [4.69, 9.17) is 8.83 Å². The number of halogens is 1. The van der Waals surface area contributed by atoms with Crippen LogP contribution in [0.4, 0.5) is 0 Å². The lowest BCUT2D eigenvalue weighted by molar-refractivity contribution is 0.0906. The summed E-state index contributed by atoms with van der Waals surface area (Å²) in [6.07, 6.45) is 2.19. The molecular weight excluding hydrogens is 372 g/mol. The summed E-state index contributed by atoms with van der Waals surface area (Å²) in [5.74, 6) is 2.73. The van der Waals surface area contributed by atoms with E-state index in [1.165, 1.54) is 5.56 Å². The Labute approximate surface area is 150 Å². The average molecular weight is 395 g/mol. The molecule has 2 aromatic heterocycles. The van der Waals surface area contributed by atoms with Crippen molar-refractivity contribution in [2.24, 2.45) is 5.92 Å². The minimum absolute atomic E-state index is 0.146. The van der Waals surface area contributed by atoms with Crippen LogP contribution in [0.3, 0.4) is 0 Å². The van der Waals surface area contributed by atoms with Gasteiger partial charge in [-0.3, -0.25) is 9.69 Å². The van der Waals surface area contributed by atoms with Crippen molar-refractivity contribution >= 4 is 21.8 Å². The molecule has 0 radical (unpaired) electrons. The summed E-state index contributed by atoms with van der Waals surface area (Å²) in [6.45, 7) is 7.77. The monoisotopic (exact) mass is 394 g/mol. The number of hydrogen-bond donors (Lipinski definition) is 1. The Kier molecular flexibility index (Phi) is 5.46. The van der Waals surface area contributed by atoms with E-state index in [1.807, 2.05) is 13.8 Å². The fraction of sp³-hybridized carbons (Fsp3) is 0.500. The lowest BCUT2D eigenvalue weighted by atomic mass is 9.96. The van der Waals surface area contributed by atoms with Gasteiger partial charge in [0.1, 0.15) is 11.5 Å². The molecule has 3 rings (SSSR count). The van der Waals surface area contributed by atoms with Crippen LogP contribution >= 0.6 is 15.9 Å². The third-order valence-corrected chi connectivity index (χ3v) is 5.02. The third kappa shape index (κ3) is 4.30. The number of piperidine rings is 1. The van der Waals surface area contributed by atoms with E-state index in [-0.39, 0.29) is 5.91 Å². The van der Waals surface area contributed by atoms with Crippen molar-refractivity contribution in [1.29, 1.82) is 0 Å². The first-order valence-corrected chi connectivity index (χ1v) is 9.12. The smallest absolute Gasteiger partial charge is 0.287 e. The van der Waals surface area contributed by atoms with Gasteiger partial charge in [0.05, 0.1) is 0 Å². The van der Waals surface area contributed by atoms with Gasteiger partial charge in [0.25, 0.3) is 5.91 Å². The SMILES string of the molecule is Cc1cc(CN2CCC(CNC(=O)c3ccc(Br)o3)CC2)c(C)o1. The van der Waals surface area contributed by atoms with Crippen LogP contribution in [0, 0.1) is 19.8 Å². The van der Waals surface area contributed by atoms with Crippen LogP contribution in [0.15, 0.2) is 31.7 Å². The van der Waals surface area contributed by atoms with E-state index < -0.39 is 0 Å². The van der Waals surface area contributed by atoms with Crippen molar-refractivity contribution in [2.75, 3.05) is 19.6 Å². The zero-order valence-corrected chi connectivity index (χ0v) is 15.7. The van der Waals surface area contributed by atoms with Crippen LogP contribution in [0.25, 0.3) is 0 Å². The molecule has 1 N–H and O–H groups in total. The minimum atomic E-state index is -0.146. The Hall–Kier alpha value is -1.53. The molecule has 0 atom stereocenters. The Bertz CT molecular complexity index is 699. The molecule has 1 fully saturated rings. The molecule has 0 aliphatic carbocycles. The van der Waals surface area contributed by atoms with Crippen LogP contribution in [0.2, 0.25) is 0 Å². The number of nitrogens with zero attached hydrogens (tertiary/aromatic N) is 1. The van der Waals surface area contributed by atoms with Crippen LogP contribution in [0.5, 0.6) is 0 Å². The van der Waals surface area contributed by atoms with E-state index >= 15 is 0 Å². The first kappa shape index (κ1) is 17.3. The van der Waals surface area contributed by atoms with Crippen molar-refractivity contribution in [1.82, 2.24) is 10.2 Å². The molecule has 1 aliphatic heterocycles. The second-order valence-electron chi connectivity index (χ2n) is 6.47. The second-order valence-corrected chi connectivity index (χ2v) is 7.25. The quantitative estimate of drug-likeness (QED) is 0.835. The number of furan rings is 2. The fourth-order valence-electron chi connectivity index (χ4n) is 3.19. The molecule has 5 nitrogen and oxygen atoms in total. The van der Waals surface area contributed by atoms with Gasteiger partial charge in [-0.05, 0) is 79.8 Å². The van der Waals surface area contributed by atoms with E-state index in [9.17, 15) is 4.79 Å². The van der Waals surface area contributed by atoms with Gasteiger partial charge in [-0.25, -0.2) is 0 Å². The highest BCUT2D eigenvalue weighted by molar-refractivity contribution is 9.10. The van der Waals surface area contributed by atoms with Gasteiger partial charge in [0.15, 0.2) is 10.4 Å². The summed E-state index contributed by atoms with van der Waals surface area (Å²) in [5, 5.41) is 2.97.